The van der Waals surface area contributed by atoms with Gasteiger partial charge in [0.05, 0.1) is 11.4 Å². The molecule has 7 nitrogen and oxygen atoms in total. The van der Waals surface area contributed by atoms with E-state index in [0.717, 1.165) is 0 Å². The van der Waals surface area contributed by atoms with E-state index in [1.807, 2.05) is 0 Å². The number of amides is 1. The van der Waals surface area contributed by atoms with Gasteiger partial charge in [0.1, 0.15) is 4.90 Å². The average Bonchev–Trinajstić information content (AvgIpc) is 2.16. The summed E-state index contributed by atoms with van der Waals surface area (Å²) in [6.07, 6.45) is 0.0754. The number of carbonyl (C=O) groups is 1. The number of carbonyl (C=O) groups excluding carboxylic acids is 1. The summed E-state index contributed by atoms with van der Waals surface area (Å²) in [4.78, 5) is 10.8. The number of hydrogen-bond acceptors (Lipinski definition) is 5. The summed E-state index contributed by atoms with van der Waals surface area (Å²) in [7, 11) is -3.89. The molecular weight excluding hydrogens is 268 g/mol. The molecule has 0 radical (unpaired) electrons. The van der Waals surface area contributed by atoms with Gasteiger partial charge in [-0.2, -0.15) is 0 Å². The zero-order valence-electron chi connectivity index (χ0n) is 10.8. The standard InChI is InChI=1S/C11H18N4O3S/c1-11(2,6-9(12)16)15-7-4-3-5-8(10(7)13)19(14,17)18/h3-5,15H,6,13H2,1-2H3,(H2,12,16)(H2,14,17,18). The van der Waals surface area contributed by atoms with E-state index in [9.17, 15) is 13.2 Å². The third kappa shape index (κ3) is 4.11. The number of hydrogen-bond donors (Lipinski definition) is 4. The molecule has 0 unspecified atom stereocenters. The minimum Gasteiger partial charge on any atom is -0.396 e. The molecule has 0 saturated carbocycles. The second-order valence-electron chi connectivity index (χ2n) is 4.91. The number of nitrogen functional groups attached to an aromatic ring is 1. The van der Waals surface area contributed by atoms with Gasteiger partial charge in [-0.05, 0) is 26.0 Å². The third-order valence-corrected chi connectivity index (χ3v) is 3.43. The van der Waals surface area contributed by atoms with E-state index < -0.39 is 21.5 Å². The van der Waals surface area contributed by atoms with E-state index in [0.29, 0.717) is 5.69 Å². The average molecular weight is 286 g/mol. The predicted octanol–water partition coefficient (Wildman–Crippen LogP) is -0.0179. The SMILES string of the molecule is CC(C)(CC(N)=O)Nc1cccc(S(N)(=O)=O)c1N. The van der Waals surface area contributed by atoms with E-state index >= 15 is 0 Å². The van der Waals surface area contributed by atoms with Gasteiger partial charge in [-0.1, -0.05) is 6.07 Å². The molecule has 0 fully saturated rings. The maximum Gasteiger partial charge on any atom is 0.240 e. The van der Waals surface area contributed by atoms with Gasteiger partial charge in [0.2, 0.25) is 15.9 Å². The van der Waals surface area contributed by atoms with Gasteiger partial charge in [0, 0.05) is 12.0 Å². The largest absolute Gasteiger partial charge is 0.396 e. The Bertz CT molecular complexity index is 596. The number of nitrogens with two attached hydrogens (primary N) is 3. The molecule has 0 saturated heterocycles. The van der Waals surface area contributed by atoms with Crippen molar-refractivity contribution in [1.29, 1.82) is 0 Å². The first-order chi connectivity index (χ1) is 8.53. The van der Waals surface area contributed by atoms with Crippen molar-refractivity contribution in [2.75, 3.05) is 11.1 Å². The number of sulfonamides is 1. The maximum absolute atomic E-state index is 11.3. The number of anilines is 2. The highest BCUT2D eigenvalue weighted by Gasteiger charge is 2.23. The van der Waals surface area contributed by atoms with Crippen molar-refractivity contribution in [2.24, 2.45) is 10.9 Å². The summed E-state index contributed by atoms with van der Waals surface area (Å²) in [6, 6.07) is 4.43. The van der Waals surface area contributed by atoms with Crippen LogP contribution in [0.2, 0.25) is 0 Å². The van der Waals surface area contributed by atoms with Gasteiger partial charge in [-0.3, -0.25) is 4.79 Å². The fourth-order valence-electron chi connectivity index (χ4n) is 1.75. The summed E-state index contributed by atoms with van der Waals surface area (Å²) >= 11 is 0. The number of primary sulfonamides is 1. The second kappa shape index (κ2) is 5.06. The summed E-state index contributed by atoms with van der Waals surface area (Å²) in [5, 5.41) is 8.05. The lowest BCUT2D eigenvalue weighted by Crippen LogP contribution is -2.36. The smallest absolute Gasteiger partial charge is 0.240 e. The van der Waals surface area contributed by atoms with Crippen LogP contribution in [0, 0.1) is 0 Å². The molecule has 7 N–H and O–H groups in total. The zero-order chi connectivity index (χ0) is 14.8. The van der Waals surface area contributed by atoms with Gasteiger partial charge in [0.25, 0.3) is 0 Å². The van der Waals surface area contributed by atoms with E-state index in [2.05, 4.69) is 5.32 Å². The Morgan fingerprint density at radius 3 is 2.42 bits per heavy atom. The zero-order valence-corrected chi connectivity index (χ0v) is 11.6. The van der Waals surface area contributed by atoms with E-state index in [-0.39, 0.29) is 17.0 Å². The first kappa shape index (κ1) is 15.3. The van der Waals surface area contributed by atoms with Gasteiger partial charge < -0.3 is 16.8 Å². The Kier molecular flexibility index (Phi) is 4.06. The molecule has 0 aliphatic heterocycles. The number of primary amides is 1. The van der Waals surface area contributed by atoms with Crippen LogP contribution in [0.15, 0.2) is 23.1 Å². The maximum atomic E-state index is 11.3. The summed E-state index contributed by atoms with van der Waals surface area (Å²) in [5.74, 6) is -0.473. The van der Waals surface area contributed by atoms with E-state index in [1.54, 1.807) is 19.9 Å². The molecule has 1 aromatic rings. The van der Waals surface area contributed by atoms with Crippen LogP contribution in [0.25, 0.3) is 0 Å². The monoisotopic (exact) mass is 286 g/mol. The number of nitrogens with one attached hydrogen (secondary N) is 1. The Morgan fingerprint density at radius 1 is 1.37 bits per heavy atom. The lowest BCUT2D eigenvalue weighted by molar-refractivity contribution is -0.118. The first-order valence-electron chi connectivity index (χ1n) is 5.51. The van der Waals surface area contributed by atoms with Crippen molar-refractivity contribution in [3.63, 3.8) is 0 Å². The van der Waals surface area contributed by atoms with Gasteiger partial charge in [-0.25, -0.2) is 13.6 Å². The van der Waals surface area contributed by atoms with Gasteiger partial charge >= 0.3 is 0 Å². The van der Waals surface area contributed by atoms with Crippen molar-refractivity contribution >= 4 is 27.3 Å². The first-order valence-corrected chi connectivity index (χ1v) is 7.05. The highest BCUT2D eigenvalue weighted by atomic mass is 32.2. The van der Waals surface area contributed by atoms with Crippen LogP contribution in [0.5, 0.6) is 0 Å². The fraction of sp³-hybridized carbons (Fsp3) is 0.364. The molecule has 0 atom stereocenters. The molecule has 0 spiro atoms. The minimum absolute atomic E-state index is 0.0162. The van der Waals surface area contributed by atoms with Gasteiger partial charge in [-0.15, -0.1) is 0 Å². The number of para-hydroxylation sites is 1. The van der Waals surface area contributed by atoms with Crippen LogP contribution in [-0.4, -0.2) is 19.9 Å². The highest BCUT2D eigenvalue weighted by Crippen LogP contribution is 2.28. The molecular formula is C11H18N4O3S. The van der Waals surface area contributed by atoms with Gasteiger partial charge in [0.15, 0.2) is 0 Å². The van der Waals surface area contributed by atoms with Crippen LogP contribution >= 0.6 is 0 Å². The van der Waals surface area contributed by atoms with E-state index in [4.69, 9.17) is 16.6 Å². The molecule has 19 heavy (non-hydrogen) atoms. The molecule has 0 heterocycles. The second-order valence-corrected chi connectivity index (χ2v) is 6.44. The lowest BCUT2D eigenvalue weighted by atomic mass is 9.99. The normalized spacial score (nSPS) is 12.2. The van der Waals surface area contributed by atoms with Crippen molar-refractivity contribution in [1.82, 2.24) is 0 Å². The quantitative estimate of drug-likeness (QED) is 0.563. The Hall–Kier alpha value is -1.80. The summed E-state index contributed by atoms with van der Waals surface area (Å²) < 4.78 is 22.7. The van der Waals surface area contributed by atoms with Crippen molar-refractivity contribution < 1.29 is 13.2 Å². The molecule has 0 aliphatic carbocycles. The van der Waals surface area contributed by atoms with Crippen molar-refractivity contribution in [3.05, 3.63) is 18.2 Å². The van der Waals surface area contributed by atoms with Crippen molar-refractivity contribution in [2.45, 2.75) is 30.7 Å². The molecule has 1 rings (SSSR count). The third-order valence-electron chi connectivity index (χ3n) is 2.46. The summed E-state index contributed by atoms with van der Waals surface area (Å²) in [5.41, 5.74) is 10.7. The van der Waals surface area contributed by atoms with Crippen molar-refractivity contribution in [3.8, 4) is 0 Å². The predicted molar refractivity (Wildman–Crippen MR) is 73.7 cm³/mol. The molecule has 106 valence electrons. The Morgan fingerprint density at radius 2 is 1.95 bits per heavy atom. The molecule has 0 aliphatic rings. The lowest BCUT2D eigenvalue weighted by Gasteiger charge is -2.27. The van der Waals surface area contributed by atoms with Crippen LogP contribution in [-0.2, 0) is 14.8 Å². The number of rotatable bonds is 5. The molecule has 1 aromatic carbocycles. The summed E-state index contributed by atoms with van der Waals surface area (Å²) in [6.45, 7) is 3.50. The van der Waals surface area contributed by atoms with Crippen LogP contribution in [0.3, 0.4) is 0 Å². The van der Waals surface area contributed by atoms with Crippen LogP contribution in [0.4, 0.5) is 11.4 Å². The van der Waals surface area contributed by atoms with Crippen LogP contribution < -0.4 is 21.9 Å². The Balaban J connectivity index is 3.14. The topological polar surface area (TPSA) is 141 Å². The van der Waals surface area contributed by atoms with E-state index in [1.165, 1.54) is 12.1 Å². The molecule has 0 aromatic heterocycles. The Labute approximate surface area is 112 Å². The fourth-order valence-corrected chi connectivity index (χ4v) is 2.43. The molecule has 1 amide bonds. The number of benzene rings is 1. The highest BCUT2D eigenvalue weighted by molar-refractivity contribution is 7.89. The van der Waals surface area contributed by atoms with Crippen LogP contribution in [0.1, 0.15) is 20.3 Å². The molecule has 0 bridgehead atoms. The minimum atomic E-state index is -3.89. The molecule has 8 heteroatoms.